The summed E-state index contributed by atoms with van der Waals surface area (Å²) in [6.07, 6.45) is 0. The Morgan fingerprint density at radius 3 is 1.32 bits per heavy atom. The molecule has 0 unspecified atom stereocenters. The number of furan rings is 1. The van der Waals surface area contributed by atoms with E-state index in [1.54, 1.807) is 0 Å². The van der Waals surface area contributed by atoms with Crippen molar-refractivity contribution in [3.05, 3.63) is 200 Å². The van der Waals surface area contributed by atoms with Crippen LogP contribution in [-0.2, 0) is 0 Å². The van der Waals surface area contributed by atoms with Crippen molar-refractivity contribution in [1.29, 1.82) is 0 Å². The normalized spacial score (nSPS) is 11.5. The molecule has 8 heteroatoms. The molecule has 4 aromatic heterocycles. The van der Waals surface area contributed by atoms with E-state index in [1.165, 1.54) is 0 Å². The van der Waals surface area contributed by atoms with E-state index in [9.17, 15) is 0 Å². The van der Waals surface area contributed by atoms with Gasteiger partial charge in [-0.1, -0.05) is 170 Å². The zero-order valence-electron chi connectivity index (χ0n) is 33.1. The molecule has 0 N–H and O–H groups in total. The molecule has 0 radical (unpaired) electrons. The van der Waals surface area contributed by atoms with Crippen LogP contribution >= 0.6 is 0 Å². The summed E-state index contributed by atoms with van der Waals surface area (Å²) in [5.74, 6) is 3.49. The van der Waals surface area contributed by atoms with Gasteiger partial charge in [0.1, 0.15) is 11.2 Å². The number of rotatable bonds is 7. The molecule has 12 aromatic rings. The Morgan fingerprint density at radius 1 is 0.339 bits per heavy atom. The van der Waals surface area contributed by atoms with Crippen molar-refractivity contribution >= 4 is 43.7 Å². The molecule has 0 aliphatic carbocycles. The van der Waals surface area contributed by atoms with Gasteiger partial charge in [-0.3, -0.25) is 0 Å². The fourth-order valence-electron chi connectivity index (χ4n) is 8.42. The van der Waals surface area contributed by atoms with Gasteiger partial charge in [0.25, 0.3) is 0 Å². The van der Waals surface area contributed by atoms with Crippen molar-refractivity contribution in [2.24, 2.45) is 0 Å². The molecule has 0 aliphatic heterocycles. The standard InChI is InChI=1S/C54H33N7O/c1-5-18-34(19-6-1)49-55-50(35-20-7-2-8-21-35)58-53(57-49)38-26-17-27-39(32-38)61-44-30-15-13-29-41(44)46-47(61)43(33-42-40-28-14-16-31-45(40)62-48(42)46)54-59-51(36-22-9-3-10-23-36)56-52(60-54)37-24-11-4-12-25-37/h1-33H. The van der Waals surface area contributed by atoms with Gasteiger partial charge >= 0.3 is 0 Å². The van der Waals surface area contributed by atoms with Crippen molar-refractivity contribution in [2.45, 2.75) is 0 Å². The molecule has 4 heterocycles. The first kappa shape index (κ1) is 35.3. The Morgan fingerprint density at radius 2 is 0.774 bits per heavy atom. The van der Waals surface area contributed by atoms with E-state index in [4.69, 9.17) is 34.3 Å². The van der Waals surface area contributed by atoms with Crippen molar-refractivity contribution < 1.29 is 4.42 Å². The topological polar surface area (TPSA) is 95.4 Å². The smallest absolute Gasteiger partial charge is 0.166 e. The van der Waals surface area contributed by atoms with E-state index in [2.05, 4.69) is 65.2 Å². The van der Waals surface area contributed by atoms with Crippen LogP contribution in [0.25, 0.3) is 118 Å². The van der Waals surface area contributed by atoms with Crippen molar-refractivity contribution in [3.63, 3.8) is 0 Å². The molecule has 0 saturated heterocycles. The molecule has 12 rings (SSSR count). The van der Waals surface area contributed by atoms with Crippen LogP contribution in [0.4, 0.5) is 0 Å². The van der Waals surface area contributed by atoms with Gasteiger partial charge in [0.2, 0.25) is 0 Å². The second-order valence-corrected chi connectivity index (χ2v) is 15.1. The Kier molecular flexibility index (Phi) is 8.31. The molecule has 0 aliphatic rings. The SMILES string of the molecule is c1ccc(-c2nc(-c3ccccc3)nc(-c3cccc(-n4c5ccccc5c5c6oc7ccccc7c6cc(-c6nc(-c7ccccc7)nc(-c7ccccc7)n6)c54)c3)n2)cc1. The van der Waals surface area contributed by atoms with Crippen LogP contribution in [0.15, 0.2) is 205 Å². The molecule has 8 aromatic carbocycles. The molecule has 0 bridgehead atoms. The van der Waals surface area contributed by atoms with Gasteiger partial charge in [-0.25, -0.2) is 29.9 Å². The summed E-state index contributed by atoms with van der Waals surface area (Å²) in [6.45, 7) is 0. The maximum Gasteiger partial charge on any atom is 0.166 e. The predicted molar refractivity (Wildman–Crippen MR) is 247 cm³/mol. The van der Waals surface area contributed by atoms with Crippen molar-refractivity contribution in [2.75, 3.05) is 0 Å². The van der Waals surface area contributed by atoms with E-state index in [-0.39, 0.29) is 0 Å². The van der Waals surface area contributed by atoms with Crippen LogP contribution in [0.1, 0.15) is 0 Å². The van der Waals surface area contributed by atoms with Crippen LogP contribution < -0.4 is 0 Å². The summed E-state index contributed by atoms with van der Waals surface area (Å²) in [6, 6.07) is 67.5. The largest absolute Gasteiger partial charge is 0.455 e. The Labute approximate surface area is 355 Å². The number of hydrogen-bond acceptors (Lipinski definition) is 7. The molecule has 0 atom stereocenters. The third-order valence-corrected chi connectivity index (χ3v) is 11.3. The van der Waals surface area contributed by atoms with Crippen LogP contribution in [0, 0.1) is 0 Å². The molecular weight excluding hydrogens is 763 g/mol. The maximum absolute atomic E-state index is 6.81. The highest BCUT2D eigenvalue weighted by Crippen LogP contribution is 2.45. The summed E-state index contributed by atoms with van der Waals surface area (Å²) in [4.78, 5) is 30.7. The number of fused-ring (bicyclic) bond motifs is 7. The first-order valence-electron chi connectivity index (χ1n) is 20.5. The minimum atomic E-state index is 0.549. The number of para-hydroxylation sites is 2. The average Bonchev–Trinajstić information content (AvgIpc) is 3.91. The lowest BCUT2D eigenvalue weighted by atomic mass is 10.0. The van der Waals surface area contributed by atoms with Crippen molar-refractivity contribution in [3.8, 4) is 74.0 Å². The number of nitrogens with zero attached hydrogens (tertiary/aromatic N) is 7. The average molecular weight is 796 g/mol. The Hall–Kier alpha value is -8.62. The fourth-order valence-corrected chi connectivity index (χ4v) is 8.42. The Balaban J connectivity index is 1.16. The highest BCUT2D eigenvalue weighted by Gasteiger charge is 2.25. The number of benzene rings is 8. The zero-order valence-corrected chi connectivity index (χ0v) is 33.1. The molecular formula is C54H33N7O. The molecule has 8 nitrogen and oxygen atoms in total. The highest BCUT2D eigenvalue weighted by atomic mass is 16.3. The lowest BCUT2D eigenvalue weighted by Gasteiger charge is -2.14. The predicted octanol–water partition coefficient (Wildman–Crippen LogP) is 13.1. The Bertz CT molecular complexity index is 3510. The first-order valence-corrected chi connectivity index (χ1v) is 20.5. The van der Waals surface area contributed by atoms with Crippen LogP contribution in [0.3, 0.4) is 0 Å². The van der Waals surface area contributed by atoms with Crippen LogP contribution in [-0.4, -0.2) is 34.5 Å². The number of hydrogen-bond donors (Lipinski definition) is 0. The van der Waals surface area contributed by atoms with Gasteiger partial charge in [0.15, 0.2) is 34.9 Å². The lowest BCUT2D eigenvalue weighted by molar-refractivity contribution is 0.673. The monoisotopic (exact) mass is 795 g/mol. The van der Waals surface area contributed by atoms with E-state index in [1.807, 2.05) is 140 Å². The second kappa shape index (κ2) is 14.6. The summed E-state index contributed by atoms with van der Waals surface area (Å²) in [5, 5.41) is 4.01. The zero-order chi connectivity index (χ0) is 41.0. The minimum Gasteiger partial charge on any atom is -0.455 e. The minimum absolute atomic E-state index is 0.549. The molecule has 290 valence electrons. The van der Waals surface area contributed by atoms with Gasteiger partial charge in [-0.2, -0.15) is 0 Å². The fraction of sp³-hybridized carbons (Fsp3) is 0. The quantitative estimate of drug-likeness (QED) is 0.158. The molecule has 0 spiro atoms. The molecule has 62 heavy (non-hydrogen) atoms. The van der Waals surface area contributed by atoms with Gasteiger partial charge in [0.05, 0.1) is 16.4 Å². The third kappa shape index (κ3) is 6.00. The van der Waals surface area contributed by atoms with Crippen LogP contribution in [0.2, 0.25) is 0 Å². The van der Waals surface area contributed by atoms with Gasteiger partial charge in [-0.05, 0) is 30.3 Å². The summed E-state index contributed by atoms with van der Waals surface area (Å²) < 4.78 is 9.10. The number of aromatic nitrogens is 7. The van der Waals surface area contributed by atoms with Gasteiger partial charge in [-0.15, -0.1) is 0 Å². The van der Waals surface area contributed by atoms with E-state index in [0.717, 1.165) is 82.8 Å². The van der Waals surface area contributed by atoms with Gasteiger partial charge in [0, 0.05) is 55.2 Å². The first-order chi connectivity index (χ1) is 30.7. The highest BCUT2D eigenvalue weighted by molar-refractivity contribution is 6.27. The second-order valence-electron chi connectivity index (χ2n) is 15.1. The maximum atomic E-state index is 6.81. The molecule has 0 amide bonds. The van der Waals surface area contributed by atoms with Crippen LogP contribution in [0.5, 0.6) is 0 Å². The molecule has 0 saturated carbocycles. The lowest BCUT2D eigenvalue weighted by Crippen LogP contribution is -2.03. The third-order valence-electron chi connectivity index (χ3n) is 11.3. The van der Waals surface area contributed by atoms with E-state index < -0.39 is 0 Å². The molecule has 0 fully saturated rings. The summed E-state index contributed by atoms with van der Waals surface area (Å²) in [7, 11) is 0. The van der Waals surface area contributed by atoms with Gasteiger partial charge < -0.3 is 8.98 Å². The van der Waals surface area contributed by atoms with Crippen molar-refractivity contribution in [1.82, 2.24) is 34.5 Å². The van der Waals surface area contributed by atoms with E-state index in [0.29, 0.717) is 34.9 Å². The summed E-state index contributed by atoms with van der Waals surface area (Å²) in [5.41, 5.74) is 9.73. The summed E-state index contributed by atoms with van der Waals surface area (Å²) >= 11 is 0. The van der Waals surface area contributed by atoms with E-state index >= 15 is 0 Å².